The number of ether oxygens (including phenoxy) is 1. The lowest BCUT2D eigenvalue weighted by atomic mass is 10.2. The summed E-state index contributed by atoms with van der Waals surface area (Å²) < 4.78 is 5.56. The first-order valence-electron chi connectivity index (χ1n) is 6.04. The van der Waals surface area contributed by atoms with Crippen molar-refractivity contribution in [2.45, 2.75) is 18.9 Å². The molecule has 0 spiro atoms. The first-order valence-corrected chi connectivity index (χ1v) is 6.04. The Morgan fingerprint density at radius 2 is 2.26 bits per heavy atom. The monoisotopic (exact) mass is 265 g/mol. The maximum absolute atomic E-state index is 11.9. The fourth-order valence-corrected chi connectivity index (χ4v) is 1.90. The Hall–Kier alpha value is -2.02. The average Bonchev–Trinajstić information content (AvgIpc) is 2.46. The summed E-state index contributed by atoms with van der Waals surface area (Å²) in [5.41, 5.74) is 0.679. The predicted octanol–water partition coefficient (Wildman–Crippen LogP) is 0.241. The second kappa shape index (κ2) is 6.24. The lowest BCUT2D eigenvalue weighted by Gasteiger charge is -2.32. The van der Waals surface area contributed by atoms with Crippen LogP contribution >= 0.6 is 0 Å². The van der Waals surface area contributed by atoms with Crippen LogP contribution in [0, 0.1) is 0 Å². The van der Waals surface area contributed by atoms with Crippen LogP contribution in [0.5, 0.6) is 0 Å². The Balaban J connectivity index is 1.93. The van der Waals surface area contributed by atoms with Crippen LogP contribution in [0.15, 0.2) is 18.6 Å². The second-order valence-corrected chi connectivity index (χ2v) is 4.22. The molecule has 19 heavy (non-hydrogen) atoms. The number of carboxylic acids is 1. The topological polar surface area (TPSA) is 92.6 Å². The molecule has 1 saturated heterocycles. The molecule has 1 unspecified atom stereocenters. The van der Waals surface area contributed by atoms with Crippen molar-refractivity contribution in [2.75, 3.05) is 19.7 Å². The molecule has 7 heteroatoms. The molecule has 102 valence electrons. The standard InChI is InChI=1S/C12H15N3O4/c16-11(1-2-12(17)18)15-5-6-19-10(8-15)9-7-13-3-4-14-9/h3-4,7,10H,1-2,5-6,8H2,(H,17,18). The predicted molar refractivity (Wildman–Crippen MR) is 64.2 cm³/mol. The van der Waals surface area contributed by atoms with Gasteiger partial charge in [0.1, 0.15) is 6.10 Å². The normalized spacial score (nSPS) is 19.2. The van der Waals surface area contributed by atoms with Gasteiger partial charge in [0.05, 0.1) is 31.5 Å². The van der Waals surface area contributed by atoms with Crippen LogP contribution in [0.4, 0.5) is 0 Å². The molecule has 1 aliphatic rings. The highest BCUT2D eigenvalue weighted by Gasteiger charge is 2.26. The Morgan fingerprint density at radius 3 is 2.95 bits per heavy atom. The summed E-state index contributed by atoms with van der Waals surface area (Å²) in [5.74, 6) is -1.13. The van der Waals surface area contributed by atoms with Crippen LogP contribution in [0.1, 0.15) is 24.6 Å². The summed E-state index contributed by atoms with van der Waals surface area (Å²) in [6, 6.07) is 0. The van der Waals surface area contributed by atoms with E-state index in [-0.39, 0.29) is 24.9 Å². The van der Waals surface area contributed by atoms with E-state index in [1.165, 1.54) is 0 Å². The first-order chi connectivity index (χ1) is 9.16. The molecule has 0 aliphatic carbocycles. The third-order valence-corrected chi connectivity index (χ3v) is 2.88. The van der Waals surface area contributed by atoms with Crippen molar-refractivity contribution >= 4 is 11.9 Å². The van der Waals surface area contributed by atoms with Gasteiger partial charge in [-0.15, -0.1) is 0 Å². The van der Waals surface area contributed by atoms with Crippen LogP contribution < -0.4 is 0 Å². The Morgan fingerprint density at radius 1 is 1.42 bits per heavy atom. The van der Waals surface area contributed by atoms with Crippen LogP contribution in [0.3, 0.4) is 0 Å². The number of rotatable bonds is 4. The minimum Gasteiger partial charge on any atom is -0.481 e. The van der Waals surface area contributed by atoms with Crippen LogP contribution in [0.25, 0.3) is 0 Å². The number of nitrogens with zero attached hydrogens (tertiary/aromatic N) is 3. The van der Waals surface area contributed by atoms with Crippen LogP contribution in [-0.4, -0.2) is 51.5 Å². The fourth-order valence-electron chi connectivity index (χ4n) is 1.90. The Kier molecular flexibility index (Phi) is 4.40. The SMILES string of the molecule is O=C(O)CCC(=O)N1CCOC(c2cnccn2)C1. The Labute approximate surface area is 110 Å². The van der Waals surface area contributed by atoms with Crippen molar-refractivity contribution < 1.29 is 19.4 Å². The van der Waals surface area contributed by atoms with E-state index < -0.39 is 5.97 Å². The van der Waals surface area contributed by atoms with E-state index in [1.807, 2.05) is 0 Å². The van der Waals surface area contributed by atoms with Gasteiger partial charge in [-0.1, -0.05) is 0 Å². The summed E-state index contributed by atoms with van der Waals surface area (Å²) in [6.07, 6.45) is 4.33. The molecule has 0 bridgehead atoms. The van der Waals surface area contributed by atoms with Crippen molar-refractivity contribution in [3.63, 3.8) is 0 Å². The van der Waals surface area contributed by atoms with E-state index in [4.69, 9.17) is 9.84 Å². The van der Waals surface area contributed by atoms with E-state index in [1.54, 1.807) is 23.5 Å². The number of carbonyl (C=O) groups is 2. The number of aromatic nitrogens is 2. The molecule has 1 aromatic heterocycles. The zero-order valence-electron chi connectivity index (χ0n) is 10.4. The molecule has 1 amide bonds. The number of hydrogen-bond donors (Lipinski definition) is 1. The highest BCUT2D eigenvalue weighted by molar-refractivity contribution is 5.80. The maximum atomic E-state index is 11.9. The molecule has 2 heterocycles. The molecule has 0 radical (unpaired) electrons. The zero-order valence-corrected chi connectivity index (χ0v) is 10.4. The first kappa shape index (κ1) is 13.4. The van der Waals surface area contributed by atoms with Gasteiger partial charge in [0.15, 0.2) is 0 Å². The number of hydrogen-bond acceptors (Lipinski definition) is 5. The number of amides is 1. The molecule has 1 fully saturated rings. The van der Waals surface area contributed by atoms with Gasteiger partial charge in [-0.05, 0) is 0 Å². The Bertz CT molecular complexity index is 452. The summed E-state index contributed by atoms with van der Waals surface area (Å²) in [4.78, 5) is 32.0. The molecule has 7 nitrogen and oxygen atoms in total. The number of morpholine rings is 1. The lowest BCUT2D eigenvalue weighted by Crippen LogP contribution is -2.42. The van der Waals surface area contributed by atoms with Crippen molar-refractivity contribution in [2.24, 2.45) is 0 Å². The minimum atomic E-state index is -0.966. The maximum Gasteiger partial charge on any atom is 0.303 e. The highest BCUT2D eigenvalue weighted by Crippen LogP contribution is 2.20. The van der Waals surface area contributed by atoms with Gasteiger partial charge < -0.3 is 14.7 Å². The summed E-state index contributed by atoms with van der Waals surface area (Å²) >= 11 is 0. The molecule has 2 rings (SSSR count). The van der Waals surface area contributed by atoms with Crippen molar-refractivity contribution in [1.82, 2.24) is 14.9 Å². The summed E-state index contributed by atoms with van der Waals surface area (Å²) in [6.45, 7) is 1.28. The molecule has 0 saturated carbocycles. The van der Waals surface area contributed by atoms with Crippen molar-refractivity contribution in [3.8, 4) is 0 Å². The highest BCUT2D eigenvalue weighted by atomic mass is 16.5. The van der Waals surface area contributed by atoms with Gasteiger partial charge in [-0.25, -0.2) is 0 Å². The van der Waals surface area contributed by atoms with E-state index >= 15 is 0 Å². The molecule has 1 atom stereocenters. The van der Waals surface area contributed by atoms with Gasteiger partial charge in [-0.2, -0.15) is 0 Å². The number of carboxylic acid groups (broad SMARTS) is 1. The van der Waals surface area contributed by atoms with Crippen molar-refractivity contribution in [3.05, 3.63) is 24.3 Å². The molecular weight excluding hydrogens is 250 g/mol. The average molecular weight is 265 g/mol. The van der Waals surface area contributed by atoms with Crippen LogP contribution in [-0.2, 0) is 14.3 Å². The largest absolute Gasteiger partial charge is 0.481 e. The van der Waals surface area contributed by atoms with E-state index in [2.05, 4.69) is 9.97 Å². The number of aliphatic carboxylic acids is 1. The van der Waals surface area contributed by atoms with Gasteiger partial charge in [0.25, 0.3) is 0 Å². The molecule has 1 N–H and O–H groups in total. The quantitative estimate of drug-likeness (QED) is 0.838. The molecule has 0 aromatic carbocycles. The lowest BCUT2D eigenvalue weighted by molar-refractivity contribution is -0.144. The summed E-state index contributed by atoms with van der Waals surface area (Å²) in [7, 11) is 0. The third-order valence-electron chi connectivity index (χ3n) is 2.88. The van der Waals surface area contributed by atoms with Crippen molar-refractivity contribution in [1.29, 1.82) is 0 Å². The molecule has 1 aromatic rings. The number of carbonyl (C=O) groups excluding carboxylic acids is 1. The second-order valence-electron chi connectivity index (χ2n) is 4.22. The fraction of sp³-hybridized carbons (Fsp3) is 0.500. The van der Waals surface area contributed by atoms with Gasteiger partial charge in [-0.3, -0.25) is 19.6 Å². The van der Waals surface area contributed by atoms with Gasteiger partial charge >= 0.3 is 5.97 Å². The van der Waals surface area contributed by atoms with E-state index in [0.717, 1.165) is 0 Å². The zero-order chi connectivity index (χ0) is 13.7. The van der Waals surface area contributed by atoms with Gasteiger partial charge in [0, 0.05) is 25.4 Å². The smallest absolute Gasteiger partial charge is 0.303 e. The van der Waals surface area contributed by atoms with Crippen LogP contribution in [0.2, 0.25) is 0 Å². The van der Waals surface area contributed by atoms with E-state index in [9.17, 15) is 9.59 Å². The summed E-state index contributed by atoms with van der Waals surface area (Å²) in [5, 5.41) is 8.58. The molecular formula is C12H15N3O4. The minimum absolute atomic E-state index is 0.0164. The third kappa shape index (κ3) is 3.72. The molecule has 1 aliphatic heterocycles. The van der Waals surface area contributed by atoms with Gasteiger partial charge in [0.2, 0.25) is 5.91 Å². The van der Waals surface area contributed by atoms with E-state index in [0.29, 0.717) is 25.4 Å².